The SMILES string of the molecule is BrC1=CC=CC(c2nc(C3=CC=C4C=CC=CC4C3)c3ccccc3n2)C1. The van der Waals surface area contributed by atoms with Crippen molar-refractivity contribution in [3.8, 4) is 0 Å². The maximum absolute atomic E-state index is 5.07. The Hall–Kier alpha value is -2.52. The Morgan fingerprint density at radius 3 is 2.67 bits per heavy atom. The van der Waals surface area contributed by atoms with Crippen LogP contribution in [-0.4, -0.2) is 9.97 Å². The maximum atomic E-state index is 5.07. The van der Waals surface area contributed by atoms with Gasteiger partial charge in [-0.3, -0.25) is 0 Å². The van der Waals surface area contributed by atoms with E-state index < -0.39 is 0 Å². The molecular weight excluding hydrogens is 396 g/mol. The normalized spacial score (nSPS) is 23.7. The lowest BCUT2D eigenvalue weighted by atomic mass is 9.83. The minimum atomic E-state index is 0.209. The van der Waals surface area contributed by atoms with Crippen LogP contribution in [-0.2, 0) is 0 Å². The minimum absolute atomic E-state index is 0.209. The fourth-order valence-corrected chi connectivity index (χ4v) is 4.47. The number of hydrogen-bond donors (Lipinski definition) is 0. The first-order valence-corrected chi connectivity index (χ1v) is 10.1. The van der Waals surface area contributed by atoms with E-state index in [1.165, 1.54) is 15.6 Å². The summed E-state index contributed by atoms with van der Waals surface area (Å²) in [6.07, 6.45) is 21.5. The van der Waals surface area contributed by atoms with Crippen molar-refractivity contribution >= 4 is 32.4 Å². The second-order valence-electron chi connectivity index (χ2n) is 7.17. The van der Waals surface area contributed by atoms with Gasteiger partial charge in [-0.15, -0.1) is 0 Å². The van der Waals surface area contributed by atoms with Crippen LogP contribution in [0.15, 0.2) is 89.0 Å². The molecule has 2 atom stereocenters. The van der Waals surface area contributed by atoms with Crippen LogP contribution in [0.3, 0.4) is 0 Å². The van der Waals surface area contributed by atoms with E-state index in [4.69, 9.17) is 9.97 Å². The lowest BCUT2D eigenvalue weighted by Gasteiger charge is -2.23. The number of nitrogens with zero attached hydrogens (tertiary/aromatic N) is 2. The van der Waals surface area contributed by atoms with Crippen molar-refractivity contribution in [2.75, 3.05) is 0 Å². The highest BCUT2D eigenvalue weighted by Crippen LogP contribution is 2.37. The van der Waals surface area contributed by atoms with Gasteiger partial charge in [0, 0.05) is 17.2 Å². The van der Waals surface area contributed by atoms with Crippen molar-refractivity contribution in [3.63, 3.8) is 0 Å². The van der Waals surface area contributed by atoms with Crippen molar-refractivity contribution in [3.05, 3.63) is 101 Å². The standard InChI is InChI=1S/C24H19BrN2/c25-20-9-5-8-19(15-20)24-26-22-11-4-3-10-21(22)23(27-24)18-13-12-16-6-1-2-7-17(16)14-18/h1-13,17,19H,14-15H2. The zero-order valence-electron chi connectivity index (χ0n) is 14.8. The fourth-order valence-electron chi connectivity index (χ4n) is 3.96. The summed E-state index contributed by atoms with van der Waals surface area (Å²) in [6.45, 7) is 0. The Kier molecular flexibility index (Phi) is 4.25. The van der Waals surface area contributed by atoms with Crippen molar-refractivity contribution in [2.45, 2.75) is 18.8 Å². The number of rotatable bonds is 2. The van der Waals surface area contributed by atoms with Gasteiger partial charge < -0.3 is 0 Å². The summed E-state index contributed by atoms with van der Waals surface area (Å²) in [4.78, 5) is 9.96. The Morgan fingerprint density at radius 1 is 0.852 bits per heavy atom. The molecule has 27 heavy (non-hydrogen) atoms. The summed E-state index contributed by atoms with van der Waals surface area (Å²) in [7, 11) is 0. The van der Waals surface area contributed by atoms with Crippen molar-refractivity contribution < 1.29 is 0 Å². The molecule has 2 aromatic rings. The van der Waals surface area contributed by atoms with E-state index >= 15 is 0 Å². The summed E-state index contributed by atoms with van der Waals surface area (Å²) in [5, 5.41) is 1.13. The molecule has 3 aliphatic rings. The Bertz CT molecular complexity index is 1100. The number of para-hydroxylation sites is 1. The zero-order valence-corrected chi connectivity index (χ0v) is 16.4. The molecule has 0 N–H and O–H groups in total. The van der Waals surface area contributed by atoms with Crippen LogP contribution < -0.4 is 0 Å². The molecule has 0 saturated heterocycles. The molecule has 0 saturated carbocycles. The first-order chi connectivity index (χ1) is 13.3. The van der Waals surface area contributed by atoms with Gasteiger partial charge in [0.05, 0.1) is 11.2 Å². The number of aromatic nitrogens is 2. The van der Waals surface area contributed by atoms with E-state index in [2.05, 4.69) is 94.9 Å². The summed E-state index contributed by atoms with van der Waals surface area (Å²) in [6, 6.07) is 8.35. The molecule has 5 rings (SSSR count). The first kappa shape index (κ1) is 16.6. The lowest BCUT2D eigenvalue weighted by molar-refractivity contribution is 0.763. The number of fused-ring (bicyclic) bond motifs is 2. The van der Waals surface area contributed by atoms with Crippen molar-refractivity contribution in [2.24, 2.45) is 5.92 Å². The highest BCUT2D eigenvalue weighted by molar-refractivity contribution is 9.11. The average Bonchev–Trinajstić information content (AvgIpc) is 2.72. The van der Waals surface area contributed by atoms with Crippen LogP contribution in [0.1, 0.15) is 30.3 Å². The van der Waals surface area contributed by atoms with E-state index in [1.807, 2.05) is 0 Å². The van der Waals surface area contributed by atoms with Gasteiger partial charge in [-0.2, -0.15) is 0 Å². The highest BCUT2D eigenvalue weighted by Gasteiger charge is 2.22. The predicted octanol–water partition coefficient (Wildman–Crippen LogP) is 6.41. The second-order valence-corrected chi connectivity index (χ2v) is 8.19. The molecule has 132 valence electrons. The minimum Gasteiger partial charge on any atom is -0.232 e. The van der Waals surface area contributed by atoms with Gasteiger partial charge in [-0.25, -0.2) is 9.97 Å². The fraction of sp³-hybridized carbons (Fsp3) is 0.167. The second kappa shape index (κ2) is 6.90. The monoisotopic (exact) mass is 414 g/mol. The number of benzene rings is 1. The summed E-state index contributed by atoms with van der Waals surface area (Å²) >= 11 is 3.63. The predicted molar refractivity (Wildman–Crippen MR) is 115 cm³/mol. The van der Waals surface area contributed by atoms with Crippen LogP contribution in [0.2, 0.25) is 0 Å². The topological polar surface area (TPSA) is 25.8 Å². The van der Waals surface area contributed by atoms with Gasteiger partial charge in [0.25, 0.3) is 0 Å². The van der Waals surface area contributed by atoms with E-state index in [0.717, 1.165) is 35.3 Å². The number of halogens is 1. The largest absolute Gasteiger partial charge is 0.232 e. The van der Waals surface area contributed by atoms with Gasteiger partial charge >= 0.3 is 0 Å². The van der Waals surface area contributed by atoms with Crippen LogP contribution in [0, 0.1) is 5.92 Å². The molecule has 0 amide bonds. The van der Waals surface area contributed by atoms with E-state index in [9.17, 15) is 0 Å². The molecule has 0 radical (unpaired) electrons. The van der Waals surface area contributed by atoms with Gasteiger partial charge in [-0.1, -0.05) is 88.8 Å². The van der Waals surface area contributed by atoms with Crippen molar-refractivity contribution in [1.82, 2.24) is 9.97 Å². The van der Waals surface area contributed by atoms with Gasteiger partial charge in [0.15, 0.2) is 0 Å². The molecule has 0 fully saturated rings. The highest BCUT2D eigenvalue weighted by atomic mass is 79.9. The van der Waals surface area contributed by atoms with Crippen LogP contribution >= 0.6 is 15.9 Å². The molecule has 2 unspecified atom stereocenters. The third-order valence-corrected chi connectivity index (χ3v) is 5.97. The Labute approximate surface area is 167 Å². The van der Waals surface area contributed by atoms with E-state index in [1.54, 1.807) is 0 Å². The Balaban J connectivity index is 1.63. The van der Waals surface area contributed by atoms with Crippen LogP contribution in [0.25, 0.3) is 16.5 Å². The molecule has 0 aliphatic heterocycles. The zero-order chi connectivity index (χ0) is 18.2. The molecule has 3 heteroatoms. The molecule has 1 aromatic heterocycles. The summed E-state index contributed by atoms with van der Waals surface area (Å²) in [5.74, 6) is 1.55. The Morgan fingerprint density at radius 2 is 1.74 bits per heavy atom. The van der Waals surface area contributed by atoms with Gasteiger partial charge in [-0.05, 0) is 34.5 Å². The quantitative estimate of drug-likeness (QED) is 0.567. The third kappa shape index (κ3) is 3.17. The third-order valence-electron chi connectivity index (χ3n) is 5.38. The molecule has 0 bridgehead atoms. The van der Waals surface area contributed by atoms with Crippen molar-refractivity contribution in [1.29, 1.82) is 0 Å². The molecule has 0 spiro atoms. The average molecular weight is 415 g/mol. The smallest absolute Gasteiger partial charge is 0.136 e. The molecular formula is C24H19BrN2. The lowest BCUT2D eigenvalue weighted by Crippen LogP contribution is -2.11. The van der Waals surface area contributed by atoms with E-state index in [0.29, 0.717) is 5.92 Å². The maximum Gasteiger partial charge on any atom is 0.136 e. The van der Waals surface area contributed by atoms with Gasteiger partial charge in [0.2, 0.25) is 0 Å². The first-order valence-electron chi connectivity index (χ1n) is 9.33. The van der Waals surface area contributed by atoms with Crippen LogP contribution in [0.5, 0.6) is 0 Å². The summed E-state index contributed by atoms with van der Waals surface area (Å²) in [5.41, 5.74) is 4.77. The van der Waals surface area contributed by atoms with Gasteiger partial charge in [0.1, 0.15) is 5.82 Å². The molecule has 1 heterocycles. The molecule has 2 nitrogen and oxygen atoms in total. The number of allylic oxidation sites excluding steroid dienone is 12. The summed E-state index contributed by atoms with van der Waals surface area (Å²) < 4.78 is 1.19. The number of hydrogen-bond acceptors (Lipinski definition) is 2. The molecule has 1 aromatic carbocycles. The van der Waals surface area contributed by atoms with Crippen LogP contribution in [0.4, 0.5) is 0 Å². The molecule has 3 aliphatic carbocycles. The van der Waals surface area contributed by atoms with E-state index in [-0.39, 0.29) is 5.92 Å².